The van der Waals surface area contributed by atoms with Gasteiger partial charge in [0.25, 0.3) is 0 Å². The van der Waals surface area contributed by atoms with Crippen LogP contribution in [0.1, 0.15) is 17.2 Å². The Kier molecular flexibility index (Phi) is 9.17. The van der Waals surface area contributed by atoms with Gasteiger partial charge in [-0.05, 0) is 36.4 Å². The van der Waals surface area contributed by atoms with Crippen molar-refractivity contribution in [2.75, 3.05) is 23.8 Å². The predicted octanol–water partition coefficient (Wildman–Crippen LogP) is 6.53. The molecule has 4 aromatic rings. The fourth-order valence-corrected chi connectivity index (χ4v) is 4.67. The number of hydrogen-bond acceptors (Lipinski definition) is 8. The maximum absolute atomic E-state index is 13.7. The number of halogens is 5. The number of nitrogens with one attached hydrogen (secondary N) is 3. The molecule has 39 heavy (non-hydrogen) atoms. The van der Waals surface area contributed by atoms with Gasteiger partial charge in [-0.25, -0.2) is 9.37 Å². The molecule has 0 saturated carbocycles. The number of aromatic nitrogens is 2. The van der Waals surface area contributed by atoms with Gasteiger partial charge < -0.3 is 26.8 Å². The maximum atomic E-state index is 13.7. The lowest BCUT2D eigenvalue weighted by molar-refractivity contribution is 0.298. The van der Waals surface area contributed by atoms with Gasteiger partial charge in [0.15, 0.2) is 0 Å². The number of nitrogens with two attached hydrogens (primary N) is 1. The number of hydrogen-bond donors (Lipinski definition) is 5. The molecule has 0 fully saturated rings. The van der Waals surface area contributed by atoms with Crippen LogP contribution in [-0.2, 0) is 0 Å². The molecule has 4 rings (SSSR count). The zero-order valence-electron chi connectivity index (χ0n) is 19.9. The van der Waals surface area contributed by atoms with Crippen molar-refractivity contribution in [2.45, 2.75) is 6.04 Å². The normalized spacial score (nSPS) is 12.2. The van der Waals surface area contributed by atoms with Crippen LogP contribution in [0, 0.1) is 17.1 Å². The van der Waals surface area contributed by atoms with Crippen LogP contribution in [0.25, 0.3) is 10.9 Å². The van der Waals surface area contributed by atoms with Gasteiger partial charge in [-0.2, -0.15) is 5.26 Å². The summed E-state index contributed by atoms with van der Waals surface area (Å²) in [6.45, 7) is 0.196. The summed E-state index contributed by atoms with van der Waals surface area (Å²) in [7, 11) is 0. The second-order valence-electron chi connectivity index (χ2n) is 8.18. The van der Waals surface area contributed by atoms with Crippen LogP contribution in [0.5, 0.6) is 0 Å². The van der Waals surface area contributed by atoms with E-state index in [1.54, 1.807) is 30.5 Å². The number of fused-ring (bicyclic) bond motifs is 1. The van der Waals surface area contributed by atoms with Crippen molar-refractivity contribution in [3.8, 4) is 6.07 Å². The molecule has 2 aromatic heterocycles. The number of aliphatic hydroxyl groups excluding tert-OH is 1. The number of anilines is 3. The van der Waals surface area contributed by atoms with Crippen LogP contribution in [0.4, 0.5) is 21.5 Å². The summed E-state index contributed by atoms with van der Waals surface area (Å²) in [5.41, 5.74) is 9.26. The number of rotatable bonds is 9. The van der Waals surface area contributed by atoms with E-state index in [-0.39, 0.29) is 34.0 Å². The van der Waals surface area contributed by atoms with Gasteiger partial charge in [0.1, 0.15) is 22.2 Å². The Morgan fingerprint density at radius 1 is 1.10 bits per heavy atom. The smallest absolute Gasteiger partial charge is 0.141 e. The highest BCUT2D eigenvalue weighted by Crippen LogP contribution is 2.37. The predicted molar refractivity (Wildman–Crippen MR) is 154 cm³/mol. The van der Waals surface area contributed by atoms with Crippen molar-refractivity contribution in [3.63, 3.8) is 0 Å². The van der Waals surface area contributed by atoms with E-state index < -0.39 is 11.9 Å². The van der Waals surface area contributed by atoms with E-state index in [1.807, 2.05) is 0 Å². The third-order valence-electron chi connectivity index (χ3n) is 5.56. The monoisotopic (exact) mass is 605 g/mol. The second kappa shape index (κ2) is 12.6. The number of nitrogens with zero attached hydrogens (tertiary/aromatic N) is 3. The molecule has 1 atom stereocenters. The minimum Gasteiger partial charge on any atom is -0.399 e. The summed E-state index contributed by atoms with van der Waals surface area (Å²) >= 11 is 25.0. The summed E-state index contributed by atoms with van der Waals surface area (Å²) in [4.78, 5) is 8.46. The molecule has 0 spiro atoms. The Labute approximate surface area is 243 Å². The third-order valence-corrected chi connectivity index (χ3v) is 6.65. The van der Waals surface area contributed by atoms with E-state index in [9.17, 15) is 9.65 Å². The van der Waals surface area contributed by atoms with Crippen molar-refractivity contribution < 1.29 is 9.50 Å². The van der Waals surface area contributed by atoms with Crippen LogP contribution in [-0.4, -0.2) is 28.2 Å². The van der Waals surface area contributed by atoms with Gasteiger partial charge in [0.2, 0.25) is 0 Å². The topological polar surface area (TPSA) is 132 Å². The van der Waals surface area contributed by atoms with E-state index in [1.165, 1.54) is 24.4 Å². The first-order chi connectivity index (χ1) is 18.7. The molecule has 0 saturated heterocycles. The molecule has 13 heteroatoms. The average Bonchev–Trinajstić information content (AvgIpc) is 2.90. The minimum atomic E-state index is -0.693. The van der Waals surface area contributed by atoms with Gasteiger partial charge >= 0.3 is 0 Å². The Balaban J connectivity index is 1.82. The van der Waals surface area contributed by atoms with Crippen LogP contribution in [0.15, 0.2) is 60.6 Å². The van der Waals surface area contributed by atoms with Crippen molar-refractivity contribution in [2.24, 2.45) is 5.73 Å². The van der Waals surface area contributed by atoms with Crippen molar-refractivity contribution in [1.29, 1.82) is 5.26 Å². The summed E-state index contributed by atoms with van der Waals surface area (Å²) in [6, 6.07) is 12.2. The Bertz CT molecular complexity index is 1610. The zero-order valence-corrected chi connectivity index (χ0v) is 23.0. The van der Waals surface area contributed by atoms with E-state index in [0.29, 0.717) is 44.2 Å². The van der Waals surface area contributed by atoms with Crippen molar-refractivity contribution >= 4 is 74.4 Å². The molecule has 0 bridgehead atoms. The molecule has 0 unspecified atom stereocenters. The van der Waals surface area contributed by atoms with Gasteiger partial charge in [0.05, 0.1) is 45.2 Å². The molecular formula is C26H20Cl4FN7O. The molecule has 0 aliphatic heterocycles. The highest BCUT2D eigenvalue weighted by Gasteiger charge is 2.21. The number of nitriles is 1. The maximum Gasteiger partial charge on any atom is 0.141 e. The molecule has 0 radical (unpaired) electrons. The fraction of sp³-hybridized carbons (Fsp3) is 0.115. The van der Waals surface area contributed by atoms with E-state index in [4.69, 9.17) is 57.2 Å². The largest absolute Gasteiger partial charge is 0.399 e. The van der Waals surface area contributed by atoms with Crippen LogP contribution in [0.3, 0.4) is 0 Å². The highest BCUT2D eigenvalue weighted by atomic mass is 35.5. The quantitative estimate of drug-likeness (QED) is 0.107. The van der Waals surface area contributed by atoms with Crippen LogP contribution in [0.2, 0.25) is 20.4 Å². The Morgan fingerprint density at radius 2 is 1.87 bits per heavy atom. The van der Waals surface area contributed by atoms with Crippen LogP contribution >= 0.6 is 46.4 Å². The molecular weight excluding hydrogens is 587 g/mol. The molecule has 2 aromatic carbocycles. The molecule has 200 valence electrons. The average molecular weight is 607 g/mol. The molecule has 8 nitrogen and oxygen atoms in total. The molecule has 6 N–H and O–H groups in total. The summed E-state index contributed by atoms with van der Waals surface area (Å²) in [5.74, 6) is -0.572. The fourth-order valence-electron chi connectivity index (χ4n) is 3.76. The molecule has 2 heterocycles. The molecule has 0 aliphatic carbocycles. The van der Waals surface area contributed by atoms with E-state index >= 15 is 0 Å². The first-order valence-corrected chi connectivity index (χ1v) is 12.9. The van der Waals surface area contributed by atoms with Gasteiger partial charge in [-0.1, -0.05) is 52.5 Å². The second-order valence-corrected chi connectivity index (χ2v) is 9.74. The first kappa shape index (κ1) is 28.5. The lowest BCUT2D eigenvalue weighted by Crippen LogP contribution is -2.23. The van der Waals surface area contributed by atoms with E-state index in [0.717, 1.165) is 0 Å². The van der Waals surface area contributed by atoms with Gasteiger partial charge in [0, 0.05) is 41.3 Å². The SMILES string of the molecule is N#Cc1cnc2c(Cl)cc(N[C@H](/C(N)=C/NCCO)c3ccc(Cl)nc3Cl)cc2c1Nc1ccc(F)c(Cl)c1. The van der Waals surface area contributed by atoms with Crippen molar-refractivity contribution in [1.82, 2.24) is 15.3 Å². The third kappa shape index (κ3) is 6.56. The summed E-state index contributed by atoms with van der Waals surface area (Å²) in [5, 5.41) is 29.3. The minimum absolute atomic E-state index is 0.0781. The summed E-state index contributed by atoms with van der Waals surface area (Å²) in [6.07, 6.45) is 2.94. The van der Waals surface area contributed by atoms with Crippen LogP contribution < -0.4 is 21.7 Å². The Morgan fingerprint density at radius 3 is 2.56 bits per heavy atom. The molecule has 0 amide bonds. The number of aliphatic hydroxyl groups is 1. The van der Waals surface area contributed by atoms with Crippen molar-refractivity contribution in [3.05, 3.63) is 97.9 Å². The van der Waals surface area contributed by atoms with E-state index in [2.05, 4.69) is 32.0 Å². The standard InChI is InChI=1S/C26H20Cl4FN7O/c27-18-8-14(1-3-20(18)31)36-23-13(10-32)11-35-24-17(23)7-15(9-19(24)28)37-25(21(33)12-34-5-6-39)16-2-4-22(29)38-26(16)30/h1-4,7-9,11-12,25,34,37,39H,5-6,33H2,(H,35,36)/b21-12-/t25-/m0/s1. The lowest BCUT2D eigenvalue weighted by atomic mass is 10.0. The number of benzene rings is 2. The lowest BCUT2D eigenvalue weighted by Gasteiger charge is -2.23. The Hall–Kier alpha value is -3.52. The first-order valence-electron chi connectivity index (χ1n) is 11.3. The summed E-state index contributed by atoms with van der Waals surface area (Å²) < 4.78 is 13.7. The number of pyridine rings is 2. The van der Waals surface area contributed by atoms with Gasteiger partial charge in [-0.15, -0.1) is 0 Å². The van der Waals surface area contributed by atoms with Gasteiger partial charge in [-0.3, -0.25) is 4.98 Å². The molecule has 0 aliphatic rings. The highest BCUT2D eigenvalue weighted by molar-refractivity contribution is 6.36. The zero-order chi connectivity index (χ0) is 28.1.